The van der Waals surface area contributed by atoms with Gasteiger partial charge in [0.25, 0.3) is 5.91 Å². The van der Waals surface area contributed by atoms with Gasteiger partial charge in [0.05, 0.1) is 5.56 Å². The van der Waals surface area contributed by atoms with Crippen LogP contribution in [0.4, 0.5) is 0 Å². The highest BCUT2D eigenvalue weighted by molar-refractivity contribution is 9.10. The summed E-state index contributed by atoms with van der Waals surface area (Å²) in [5.74, 6) is -0.0699. The van der Waals surface area contributed by atoms with Gasteiger partial charge in [-0.3, -0.25) is 4.79 Å². The van der Waals surface area contributed by atoms with Crippen LogP contribution in [0.2, 0.25) is 0 Å². The Bertz CT molecular complexity index is 405. The van der Waals surface area contributed by atoms with Crippen molar-refractivity contribution in [3.05, 3.63) is 34.3 Å². The molecule has 100 valence electrons. The summed E-state index contributed by atoms with van der Waals surface area (Å²) in [6.45, 7) is 4.97. The molecule has 0 aliphatic rings. The van der Waals surface area contributed by atoms with Gasteiger partial charge >= 0.3 is 0 Å². The quantitative estimate of drug-likeness (QED) is 0.848. The average Bonchev–Trinajstić information content (AvgIpc) is 2.34. The molecule has 1 amide bonds. The lowest BCUT2D eigenvalue weighted by molar-refractivity contribution is 0.0932. The van der Waals surface area contributed by atoms with Crippen LogP contribution in [-0.4, -0.2) is 24.2 Å². The molecule has 0 atom stereocenters. The summed E-state index contributed by atoms with van der Waals surface area (Å²) in [4.78, 5) is 12.0. The third kappa shape index (κ3) is 4.78. The maximum Gasteiger partial charge on any atom is 0.252 e. The Morgan fingerprint density at radius 3 is 2.67 bits per heavy atom. The number of aliphatic hydroxyl groups excluding tert-OH is 1. The van der Waals surface area contributed by atoms with Crippen LogP contribution in [0.1, 0.15) is 37.0 Å². The molecule has 0 radical (unpaired) electrons. The molecule has 1 aromatic carbocycles. The molecule has 0 bridgehead atoms. The molecule has 0 unspecified atom stereocenters. The van der Waals surface area contributed by atoms with Gasteiger partial charge in [0.15, 0.2) is 0 Å². The fourth-order valence-corrected chi connectivity index (χ4v) is 2.17. The Balaban J connectivity index is 2.54. The van der Waals surface area contributed by atoms with Gasteiger partial charge in [0.2, 0.25) is 0 Å². The summed E-state index contributed by atoms with van der Waals surface area (Å²) in [5, 5.41) is 11.8. The molecule has 0 spiro atoms. The summed E-state index contributed by atoms with van der Waals surface area (Å²) in [6.07, 6.45) is 1.65. The van der Waals surface area contributed by atoms with Crippen LogP contribution in [0, 0.1) is 5.41 Å². The van der Waals surface area contributed by atoms with Crippen molar-refractivity contribution < 1.29 is 9.90 Å². The zero-order valence-electron chi connectivity index (χ0n) is 10.9. The van der Waals surface area contributed by atoms with E-state index in [1.165, 1.54) is 0 Å². The maximum atomic E-state index is 12.0. The van der Waals surface area contributed by atoms with Crippen LogP contribution in [-0.2, 0) is 0 Å². The first-order chi connectivity index (χ1) is 8.46. The molecular weight excluding hydrogens is 294 g/mol. The van der Waals surface area contributed by atoms with Crippen molar-refractivity contribution in [3.63, 3.8) is 0 Å². The SMILES string of the molecule is CC(C)(CCCO)CNC(=O)c1ccccc1Br. The molecular formula is C14H20BrNO2. The average molecular weight is 314 g/mol. The molecule has 1 rings (SSSR count). The third-order valence-corrected chi connectivity index (χ3v) is 3.55. The van der Waals surface area contributed by atoms with Gasteiger partial charge in [0.1, 0.15) is 0 Å². The van der Waals surface area contributed by atoms with Gasteiger partial charge in [0, 0.05) is 17.6 Å². The lowest BCUT2D eigenvalue weighted by Crippen LogP contribution is -2.34. The van der Waals surface area contributed by atoms with Crippen molar-refractivity contribution in [1.29, 1.82) is 0 Å². The molecule has 0 saturated heterocycles. The van der Waals surface area contributed by atoms with Crippen LogP contribution in [0.25, 0.3) is 0 Å². The zero-order valence-corrected chi connectivity index (χ0v) is 12.5. The standard InChI is InChI=1S/C14H20BrNO2/c1-14(2,8-5-9-17)10-16-13(18)11-6-3-4-7-12(11)15/h3-4,6-7,17H,5,8-10H2,1-2H3,(H,16,18). The van der Waals surface area contributed by atoms with Gasteiger partial charge in [-0.05, 0) is 46.3 Å². The lowest BCUT2D eigenvalue weighted by atomic mass is 9.88. The van der Waals surface area contributed by atoms with Crippen molar-refractivity contribution in [1.82, 2.24) is 5.32 Å². The molecule has 0 aliphatic carbocycles. The first kappa shape index (κ1) is 15.2. The largest absolute Gasteiger partial charge is 0.396 e. The molecule has 4 heteroatoms. The van der Waals surface area contributed by atoms with Gasteiger partial charge in [-0.25, -0.2) is 0 Å². The van der Waals surface area contributed by atoms with E-state index >= 15 is 0 Å². The summed E-state index contributed by atoms with van der Waals surface area (Å²) in [7, 11) is 0. The highest BCUT2D eigenvalue weighted by Gasteiger charge is 2.19. The number of halogens is 1. The number of carbonyl (C=O) groups excluding carboxylic acids is 1. The van der Waals surface area contributed by atoms with Crippen LogP contribution in [0.15, 0.2) is 28.7 Å². The summed E-state index contributed by atoms with van der Waals surface area (Å²) >= 11 is 3.37. The number of hydrogen-bond donors (Lipinski definition) is 2. The summed E-state index contributed by atoms with van der Waals surface area (Å²) in [6, 6.07) is 7.37. The van der Waals surface area contributed by atoms with Crippen molar-refractivity contribution in [2.75, 3.05) is 13.2 Å². The second-order valence-electron chi connectivity index (χ2n) is 5.15. The molecule has 2 N–H and O–H groups in total. The fraction of sp³-hybridized carbons (Fsp3) is 0.500. The van der Waals surface area contributed by atoms with E-state index in [2.05, 4.69) is 35.1 Å². The fourth-order valence-electron chi connectivity index (χ4n) is 1.71. The molecule has 0 fully saturated rings. The molecule has 18 heavy (non-hydrogen) atoms. The van der Waals surface area contributed by atoms with Crippen LogP contribution < -0.4 is 5.32 Å². The van der Waals surface area contributed by atoms with E-state index in [0.29, 0.717) is 12.1 Å². The van der Waals surface area contributed by atoms with Crippen molar-refractivity contribution in [3.8, 4) is 0 Å². The Hall–Kier alpha value is -0.870. The van der Waals surface area contributed by atoms with E-state index in [1.54, 1.807) is 6.07 Å². The van der Waals surface area contributed by atoms with Crippen LogP contribution in [0.5, 0.6) is 0 Å². The number of nitrogens with one attached hydrogen (secondary N) is 1. The Morgan fingerprint density at radius 2 is 2.06 bits per heavy atom. The van der Waals surface area contributed by atoms with Gasteiger partial charge in [-0.2, -0.15) is 0 Å². The van der Waals surface area contributed by atoms with E-state index in [1.807, 2.05) is 18.2 Å². The minimum Gasteiger partial charge on any atom is -0.396 e. The maximum absolute atomic E-state index is 12.0. The molecule has 0 aromatic heterocycles. The summed E-state index contributed by atoms with van der Waals surface area (Å²) in [5.41, 5.74) is 0.648. The smallest absolute Gasteiger partial charge is 0.252 e. The number of amides is 1. The Labute approximate surface area is 117 Å². The van der Waals surface area contributed by atoms with Crippen LogP contribution in [0.3, 0.4) is 0 Å². The van der Waals surface area contributed by atoms with Gasteiger partial charge in [-0.15, -0.1) is 0 Å². The molecule has 0 aliphatic heterocycles. The third-order valence-electron chi connectivity index (χ3n) is 2.86. The molecule has 1 aromatic rings. The summed E-state index contributed by atoms with van der Waals surface area (Å²) < 4.78 is 0.802. The zero-order chi connectivity index (χ0) is 13.6. The van der Waals surface area contributed by atoms with Crippen molar-refractivity contribution >= 4 is 21.8 Å². The highest BCUT2D eigenvalue weighted by Crippen LogP contribution is 2.21. The first-order valence-electron chi connectivity index (χ1n) is 6.10. The molecule has 0 heterocycles. The topological polar surface area (TPSA) is 49.3 Å². The van der Waals surface area contributed by atoms with E-state index in [0.717, 1.165) is 17.3 Å². The van der Waals surface area contributed by atoms with Gasteiger partial charge in [-0.1, -0.05) is 26.0 Å². The predicted octanol–water partition coefficient (Wildman–Crippen LogP) is 2.98. The minimum absolute atomic E-state index is 0.000351. The minimum atomic E-state index is -0.0699. The number of benzene rings is 1. The van der Waals surface area contributed by atoms with E-state index < -0.39 is 0 Å². The molecule has 3 nitrogen and oxygen atoms in total. The van der Waals surface area contributed by atoms with E-state index in [-0.39, 0.29) is 17.9 Å². The second-order valence-corrected chi connectivity index (χ2v) is 6.01. The second kappa shape index (κ2) is 6.90. The Kier molecular flexibility index (Phi) is 5.82. The highest BCUT2D eigenvalue weighted by atomic mass is 79.9. The molecule has 0 saturated carbocycles. The number of rotatable bonds is 6. The van der Waals surface area contributed by atoms with Gasteiger partial charge < -0.3 is 10.4 Å². The van der Waals surface area contributed by atoms with Crippen molar-refractivity contribution in [2.45, 2.75) is 26.7 Å². The van der Waals surface area contributed by atoms with E-state index in [4.69, 9.17) is 5.11 Å². The van der Waals surface area contributed by atoms with Crippen LogP contribution >= 0.6 is 15.9 Å². The number of carbonyl (C=O) groups is 1. The normalized spacial score (nSPS) is 11.3. The van der Waals surface area contributed by atoms with E-state index in [9.17, 15) is 4.79 Å². The lowest BCUT2D eigenvalue weighted by Gasteiger charge is -2.24. The monoisotopic (exact) mass is 313 g/mol. The first-order valence-corrected chi connectivity index (χ1v) is 6.89. The Morgan fingerprint density at radius 1 is 1.39 bits per heavy atom. The van der Waals surface area contributed by atoms with Crippen molar-refractivity contribution in [2.24, 2.45) is 5.41 Å². The number of hydrogen-bond acceptors (Lipinski definition) is 2. The number of aliphatic hydroxyl groups is 1. The predicted molar refractivity (Wildman–Crippen MR) is 76.6 cm³/mol.